The molecule has 2 N–H and O–H groups in total. The maximum Gasteiger partial charge on any atom is 0.338 e. The number of rotatable bonds is 8. The van der Waals surface area contributed by atoms with Crippen LogP contribution in [0, 0.1) is 6.92 Å². The molecule has 0 fully saturated rings. The molecule has 0 atom stereocenters. The van der Waals surface area contributed by atoms with Gasteiger partial charge in [0.15, 0.2) is 12.4 Å². The highest BCUT2D eigenvalue weighted by Crippen LogP contribution is 2.25. The maximum absolute atomic E-state index is 12.3. The SMILES string of the molecule is Cc1nc(NC(=O)COC(=O)c2ccc(S(=O)(=O)NCc3ccco3)cc2)c(Cl)cc1Cl. The topological polar surface area (TPSA) is 128 Å². The molecule has 9 nitrogen and oxygen atoms in total. The molecule has 0 radical (unpaired) electrons. The molecule has 0 saturated heterocycles. The molecular formula is C20H17Cl2N3O6S. The van der Waals surface area contributed by atoms with Crippen LogP contribution in [0.3, 0.4) is 0 Å². The Morgan fingerprint density at radius 3 is 2.50 bits per heavy atom. The third-order valence-electron chi connectivity index (χ3n) is 4.11. The van der Waals surface area contributed by atoms with E-state index in [9.17, 15) is 18.0 Å². The molecule has 2 aromatic heterocycles. The Hall–Kier alpha value is -2.92. The van der Waals surface area contributed by atoms with Crippen LogP contribution < -0.4 is 10.0 Å². The van der Waals surface area contributed by atoms with Crippen molar-refractivity contribution >= 4 is 50.9 Å². The van der Waals surface area contributed by atoms with E-state index in [1.165, 1.54) is 36.6 Å². The van der Waals surface area contributed by atoms with Crippen molar-refractivity contribution in [3.05, 3.63) is 75.8 Å². The summed E-state index contributed by atoms with van der Waals surface area (Å²) < 4.78 is 37.1. The van der Waals surface area contributed by atoms with E-state index in [4.69, 9.17) is 32.4 Å². The van der Waals surface area contributed by atoms with Crippen molar-refractivity contribution in [2.75, 3.05) is 11.9 Å². The third kappa shape index (κ3) is 6.07. The summed E-state index contributed by atoms with van der Waals surface area (Å²) in [5.41, 5.74) is 0.540. The molecule has 0 aliphatic rings. The number of halogens is 2. The van der Waals surface area contributed by atoms with E-state index in [1.807, 2.05) is 0 Å². The number of furan rings is 1. The first-order valence-corrected chi connectivity index (χ1v) is 11.3. The lowest BCUT2D eigenvalue weighted by Crippen LogP contribution is -2.23. The Balaban J connectivity index is 1.55. The van der Waals surface area contributed by atoms with Gasteiger partial charge in [-0.05, 0) is 49.4 Å². The smallest absolute Gasteiger partial charge is 0.338 e. The van der Waals surface area contributed by atoms with Gasteiger partial charge in [-0.3, -0.25) is 4.79 Å². The van der Waals surface area contributed by atoms with Crippen LogP contribution in [-0.4, -0.2) is 31.9 Å². The number of anilines is 1. The van der Waals surface area contributed by atoms with E-state index < -0.39 is 28.5 Å². The molecule has 168 valence electrons. The highest BCUT2D eigenvalue weighted by molar-refractivity contribution is 7.89. The predicted molar refractivity (Wildman–Crippen MR) is 117 cm³/mol. The fraction of sp³-hybridized carbons (Fsp3) is 0.150. The molecule has 0 aliphatic heterocycles. The summed E-state index contributed by atoms with van der Waals surface area (Å²) in [5, 5.41) is 2.91. The average Bonchev–Trinajstić information content (AvgIpc) is 3.28. The first-order chi connectivity index (χ1) is 15.2. The van der Waals surface area contributed by atoms with Gasteiger partial charge in [-0.1, -0.05) is 23.2 Å². The van der Waals surface area contributed by atoms with Gasteiger partial charge in [-0.15, -0.1) is 0 Å². The second-order valence-corrected chi connectivity index (χ2v) is 9.02. The van der Waals surface area contributed by atoms with Gasteiger partial charge < -0.3 is 14.5 Å². The number of nitrogens with zero attached hydrogens (tertiary/aromatic N) is 1. The zero-order valence-electron chi connectivity index (χ0n) is 16.6. The number of hydrogen-bond acceptors (Lipinski definition) is 7. The van der Waals surface area contributed by atoms with Gasteiger partial charge in [0.1, 0.15) is 5.76 Å². The molecule has 0 bridgehead atoms. The van der Waals surface area contributed by atoms with E-state index in [0.717, 1.165) is 0 Å². The van der Waals surface area contributed by atoms with Crippen LogP contribution in [0.25, 0.3) is 0 Å². The monoisotopic (exact) mass is 497 g/mol. The summed E-state index contributed by atoms with van der Waals surface area (Å²) in [5.74, 6) is -0.918. The number of benzene rings is 1. The van der Waals surface area contributed by atoms with Gasteiger partial charge >= 0.3 is 5.97 Å². The first-order valence-electron chi connectivity index (χ1n) is 9.07. The van der Waals surface area contributed by atoms with E-state index in [-0.39, 0.29) is 27.8 Å². The van der Waals surface area contributed by atoms with E-state index in [1.54, 1.807) is 19.1 Å². The van der Waals surface area contributed by atoms with Crippen LogP contribution in [0.15, 0.2) is 58.0 Å². The standard InChI is InChI=1S/C20H17Cl2N3O6S/c1-12-16(21)9-17(22)19(24-12)25-18(26)11-31-20(27)13-4-6-15(7-5-13)32(28,29)23-10-14-3-2-8-30-14/h2-9,23H,10-11H2,1H3,(H,24,25,26). The largest absolute Gasteiger partial charge is 0.468 e. The number of pyridine rings is 1. The number of aryl methyl sites for hydroxylation is 1. The van der Waals surface area contributed by atoms with E-state index in [2.05, 4.69) is 15.0 Å². The highest BCUT2D eigenvalue weighted by Gasteiger charge is 2.17. The number of ether oxygens (including phenoxy) is 1. The van der Waals surface area contributed by atoms with Crippen LogP contribution >= 0.6 is 23.2 Å². The van der Waals surface area contributed by atoms with Crippen molar-refractivity contribution in [3.8, 4) is 0 Å². The quantitative estimate of drug-likeness (QED) is 0.455. The Morgan fingerprint density at radius 1 is 1.12 bits per heavy atom. The second kappa shape index (κ2) is 10.1. The lowest BCUT2D eigenvalue weighted by atomic mass is 10.2. The fourth-order valence-electron chi connectivity index (χ4n) is 2.46. The minimum absolute atomic E-state index is 0.0136. The molecule has 3 aromatic rings. The summed E-state index contributed by atoms with van der Waals surface area (Å²) in [6.45, 7) is 1.04. The molecule has 2 heterocycles. The Kier molecular flexibility index (Phi) is 7.52. The third-order valence-corrected chi connectivity index (χ3v) is 6.20. The van der Waals surface area contributed by atoms with Gasteiger partial charge in [0.05, 0.1) is 39.0 Å². The molecular weight excluding hydrogens is 481 g/mol. The molecule has 12 heteroatoms. The number of sulfonamides is 1. The van der Waals surface area contributed by atoms with Crippen molar-refractivity contribution in [2.24, 2.45) is 0 Å². The molecule has 32 heavy (non-hydrogen) atoms. The predicted octanol–water partition coefficient (Wildman–Crippen LogP) is 3.56. The summed E-state index contributed by atoms with van der Waals surface area (Å²) in [6.07, 6.45) is 1.44. The number of esters is 1. The maximum atomic E-state index is 12.3. The zero-order valence-corrected chi connectivity index (χ0v) is 18.9. The van der Waals surface area contributed by atoms with Crippen LogP contribution in [0.2, 0.25) is 10.0 Å². The van der Waals surface area contributed by atoms with Crippen molar-refractivity contribution in [2.45, 2.75) is 18.4 Å². The van der Waals surface area contributed by atoms with Crippen molar-refractivity contribution in [3.63, 3.8) is 0 Å². The van der Waals surface area contributed by atoms with Crippen molar-refractivity contribution in [1.29, 1.82) is 0 Å². The number of carbonyl (C=O) groups excluding carboxylic acids is 2. The molecule has 0 unspecified atom stereocenters. The second-order valence-electron chi connectivity index (χ2n) is 6.44. The average molecular weight is 498 g/mol. The number of nitrogens with one attached hydrogen (secondary N) is 2. The van der Waals surface area contributed by atoms with Gasteiger partial charge in [-0.2, -0.15) is 0 Å². The Labute approximate surface area is 193 Å². The lowest BCUT2D eigenvalue weighted by molar-refractivity contribution is -0.119. The van der Waals surface area contributed by atoms with Crippen LogP contribution in [-0.2, 0) is 26.1 Å². The summed E-state index contributed by atoms with van der Waals surface area (Å²) in [4.78, 5) is 28.2. The summed E-state index contributed by atoms with van der Waals surface area (Å²) >= 11 is 11.9. The molecule has 0 saturated carbocycles. The number of hydrogen-bond donors (Lipinski definition) is 2. The molecule has 1 aromatic carbocycles. The van der Waals surface area contributed by atoms with Gasteiger partial charge in [-0.25, -0.2) is 22.9 Å². The van der Waals surface area contributed by atoms with E-state index in [0.29, 0.717) is 16.5 Å². The van der Waals surface area contributed by atoms with Gasteiger partial charge in [0, 0.05) is 0 Å². The molecule has 1 amide bonds. The number of amides is 1. The zero-order chi connectivity index (χ0) is 23.3. The fourth-order valence-corrected chi connectivity index (χ4v) is 3.86. The van der Waals surface area contributed by atoms with Crippen molar-refractivity contribution in [1.82, 2.24) is 9.71 Å². The minimum atomic E-state index is -3.80. The summed E-state index contributed by atoms with van der Waals surface area (Å²) in [7, 11) is -3.80. The highest BCUT2D eigenvalue weighted by atomic mass is 35.5. The first kappa shape index (κ1) is 23.7. The summed E-state index contributed by atoms with van der Waals surface area (Å²) in [6, 6.07) is 9.78. The molecule has 3 rings (SSSR count). The van der Waals surface area contributed by atoms with Crippen LogP contribution in [0.4, 0.5) is 5.82 Å². The Morgan fingerprint density at radius 2 is 1.84 bits per heavy atom. The lowest BCUT2D eigenvalue weighted by Gasteiger charge is -2.09. The molecule has 0 aliphatic carbocycles. The number of aromatic nitrogens is 1. The molecule has 0 spiro atoms. The normalized spacial score (nSPS) is 11.2. The Bertz CT molecular complexity index is 1230. The minimum Gasteiger partial charge on any atom is -0.468 e. The van der Waals surface area contributed by atoms with Crippen LogP contribution in [0.5, 0.6) is 0 Å². The van der Waals surface area contributed by atoms with E-state index >= 15 is 0 Å². The van der Waals surface area contributed by atoms with Crippen molar-refractivity contribution < 1.29 is 27.2 Å². The van der Waals surface area contributed by atoms with Crippen LogP contribution in [0.1, 0.15) is 21.8 Å². The van der Waals surface area contributed by atoms with Gasteiger partial charge in [0.2, 0.25) is 10.0 Å². The number of carbonyl (C=O) groups is 2. The van der Waals surface area contributed by atoms with Gasteiger partial charge in [0.25, 0.3) is 5.91 Å².